The zero-order valence-electron chi connectivity index (χ0n) is 18.9. The number of hydrogen-bond donors (Lipinski definition) is 1. The number of benzene rings is 1. The molecule has 3 heterocycles. The first-order valence-electron chi connectivity index (χ1n) is 11.4. The summed E-state index contributed by atoms with van der Waals surface area (Å²) < 4.78 is 13.1. The number of aliphatic hydroxyl groups is 1. The average molecular weight is 442 g/mol. The van der Waals surface area contributed by atoms with Crippen LogP contribution in [0.5, 0.6) is 0 Å². The second-order valence-electron chi connectivity index (χ2n) is 9.24. The number of nitrogens with zero attached hydrogens (tertiary/aromatic N) is 5. The largest absolute Gasteiger partial charge is 0.387 e. The van der Waals surface area contributed by atoms with Crippen molar-refractivity contribution in [2.45, 2.75) is 44.8 Å². The molecule has 32 heavy (non-hydrogen) atoms. The van der Waals surface area contributed by atoms with E-state index in [1.54, 1.807) is 23.1 Å². The molecule has 0 saturated carbocycles. The molecular formula is C24H32FN5O2. The van der Waals surface area contributed by atoms with Gasteiger partial charge in [-0.2, -0.15) is 0 Å². The van der Waals surface area contributed by atoms with E-state index in [2.05, 4.69) is 14.9 Å². The van der Waals surface area contributed by atoms with Gasteiger partial charge in [0.1, 0.15) is 11.5 Å². The molecule has 1 amide bonds. The molecule has 2 aliphatic heterocycles. The summed E-state index contributed by atoms with van der Waals surface area (Å²) in [5.74, 6) is 0.204. The summed E-state index contributed by atoms with van der Waals surface area (Å²) in [6.07, 6.45) is 3.96. The third-order valence-electron chi connectivity index (χ3n) is 6.25. The quantitative estimate of drug-likeness (QED) is 0.743. The van der Waals surface area contributed by atoms with Crippen LogP contribution in [0.3, 0.4) is 0 Å². The molecule has 7 nitrogen and oxygen atoms in total. The van der Waals surface area contributed by atoms with Crippen molar-refractivity contribution < 1.29 is 14.3 Å². The Balaban J connectivity index is 1.39. The molecule has 1 aromatic carbocycles. The molecular weight excluding hydrogens is 409 g/mol. The second-order valence-corrected chi connectivity index (χ2v) is 9.24. The SMILES string of the molecule is Cc1cc(C(=O)N2CC[C@@](O)(CN(C)Cc3ccc(F)cc3)C2)nc(N2CCCCC2)n1. The number of likely N-dealkylation sites (tertiary alicyclic amines) is 1. The summed E-state index contributed by atoms with van der Waals surface area (Å²) in [6, 6.07) is 8.11. The molecule has 2 fully saturated rings. The van der Waals surface area contributed by atoms with Gasteiger partial charge in [0.05, 0.1) is 12.1 Å². The average Bonchev–Trinajstić information content (AvgIpc) is 3.16. The van der Waals surface area contributed by atoms with Crippen LogP contribution < -0.4 is 4.90 Å². The molecule has 1 atom stereocenters. The number of rotatable bonds is 6. The van der Waals surface area contributed by atoms with Gasteiger partial charge >= 0.3 is 0 Å². The predicted octanol–water partition coefficient (Wildman–Crippen LogP) is 2.62. The van der Waals surface area contributed by atoms with Gasteiger partial charge in [-0.25, -0.2) is 14.4 Å². The van der Waals surface area contributed by atoms with E-state index in [0.717, 1.165) is 37.2 Å². The molecule has 0 bridgehead atoms. The maximum Gasteiger partial charge on any atom is 0.272 e. The molecule has 1 aromatic heterocycles. The van der Waals surface area contributed by atoms with Crippen molar-refractivity contribution in [1.29, 1.82) is 0 Å². The molecule has 172 valence electrons. The third kappa shape index (κ3) is 5.42. The molecule has 0 unspecified atom stereocenters. The number of β-amino-alcohol motifs (C(OH)–C–C–N with tert-alkyl or cyclic N) is 1. The molecule has 8 heteroatoms. The minimum atomic E-state index is -0.984. The van der Waals surface area contributed by atoms with E-state index < -0.39 is 5.60 Å². The lowest BCUT2D eigenvalue weighted by atomic mass is 10.0. The first-order valence-corrected chi connectivity index (χ1v) is 11.4. The van der Waals surface area contributed by atoms with E-state index in [1.807, 2.05) is 18.9 Å². The van der Waals surface area contributed by atoms with E-state index in [4.69, 9.17) is 0 Å². The van der Waals surface area contributed by atoms with Crippen LogP contribution in [0, 0.1) is 12.7 Å². The Morgan fingerprint density at radius 1 is 1.16 bits per heavy atom. The first kappa shape index (κ1) is 22.6. The van der Waals surface area contributed by atoms with E-state index in [-0.39, 0.29) is 18.3 Å². The standard InChI is InChI=1S/C24H32FN5O2/c1-18-14-21(27-23(26-18)29-11-4-3-5-12-29)22(31)30-13-10-24(32,17-30)16-28(2)15-19-6-8-20(25)9-7-19/h6-9,14,32H,3-5,10-13,15-17H2,1-2H3/t24-/m1/s1. The maximum atomic E-state index is 13.2. The monoisotopic (exact) mass is 441 g/mol. The van der Waals surface area contributed by atoms with Gasteiger partial charge in [0.25, 0.3) is 5.91 Å². The number of piperidine rings is 1. The van der Waals surface area contributed by atoms with E-state index in [0.29, 0.717) is 37.7 Å². The van der Waals surface area contributed by atoms with Gasteiger partial charge in [0.15, 0.2) is 0 Å². The van der Waals surface area contributed by atoms with E-state index in [1.165, 1.54) is 18.6 Å². The number of likely N-dealkylation sites (N-methyl/N-ethyl adjacent to an activating group) is 1. The van der Waals surface area contributed by atoms with Gasteiger partial charge in [-0.1, -0.05) is 12.1 Å². The fourth-order valence-corrected chi connectivity index (χ4v) is 4.68. The van der Waals surface area contributed by atoms with Crippen LogP contribution in [0.2, 0.25) is 0 Å². The van der Waals surface area contributed by atoms with Gasteiger partial charge in [-0.15, -0.1) is 0 Å². The lowest BCUT2D eigenvalue weighted by Crippen LogP contribution is -2.44. The van der Waals surface area contributed by atoms with Crippen molar-refractivity contribution >= 4 is 11.9 Å². The Bertz CT molecular complexity index is 948. The van der Waals surface area contributed by atoms with Crippen LogP contribution in [-0.2, 0) is 6.54 Å². The van der Waals surface area contributed by atoms with Crippen LogP contribution in [0.15, 0.2) is 30.3 Å². The number of amides is 1. The molecule has 2 saturated heterocycles. The number of halogens is 1. The fourth-order valence-electron chi connectivity index (χ4n) is 4.68. The van der Waals surface area contributed by atoms with Crippen molar-refractivity contribution in [2.75, 3.05) is 44.7 Å². The highest BCUT2D eigenvalue weighted by Gasteiger charge is 2.39. The summed E-state index contributed by atoms with van der Waals surface area (Å²) in [6.45, 7) is 5.50. The number of aryl methyl sites for hydroxylation is 1. The molecule has 0 aliphatic carbocycles. The highest BCUT2D eigenvalue weighted by atomic mass is 19.1. The summed E-state index contributed by atoms with van der Waals surface area (Å²) in [4.78, 5) is 28.1. The Labute approximate surface area is 188 Å². The van der Waals surface area contributed by atoms with Gasteiger partial charge in [-0.3, -0.25) is 9.69 Å². The topological polar surface area (TPSA) is 72.8 Å². The molecule has 4 rings (SSSR count). The van der Waals surface area contributed by atoms with Crippen LogP contribution in [0.1, 0.15) is 47.4 Å². The normalized spacial score (nSPS) is 21.4. The number of aromatic nitrogens is 2. The van der Waals surface area contributed by atoms with Crippen LogP contribution >= 0.6 is 0 Å². The lowest BCUT2D eigenvalue weighted by Gasteiger charge is -2.29. The highest BCUT2D eigenvalue weighted by Crippen LogP contribution is 2.25. The minimum absolute atomic E-state index is 0.161. The van der Waals surface area contributed by atoms with Gasteiger partial charge in [0.2, 0.25) is 5.95 Å². The third-order valence-corrected chi connectivity index (χ3v) is 6.25. The molecule has 1 N–H and O–H groups in total. The Hall–Kier alpha value is -2.58. The summed E-state index contributed by atoms with van der Waals surface area (Å²) in [5.41, 5.74) is 1.16. The Morgan fingerprint density at radius 2 is 1.88 bits per heavy atom. The zero-order valence-corrected chi connectivity index (χ0v) is 18.9. The van der Waals surface area contributed by atoms with Gasteiger partial charge in [-0.05, 0) is 63.4 Å². The summed E-state index contributed by atoms with van der Waals surface area (Å²) in [5, 5.41) is 11.1. The van der Waals surface area contributed by atoms with Crippen molar-refractivity contribution in [3.05, 3.63) is 53.1 Å². The van der Waals surface area contributed by atoms with E-state index >= 15 is 0 Å². The number of hydrogen-bond acceptors (Lipinski definition) is 6. The number of anilines is 1. The van der Waals surface area contributed by atoms with Crippen molar-refractivity contribution in [2.24, 2.45) is 0 Å². The molecule has 2 aliphatic rings. The number of carbonyl (C=O) groups is 1. The van der Waals surface area contributed by atoms with Crippen molar-refractivity contribution in [3.8, 4) is 0 Å². The lowest BCUT2D eigenvalue weighted by molar-refractivity contribution is 0.0163. The second kappa shape index (κ2) is 9.50. The molecule has 2 aromatic rings. The predicted molar refractivity (Wildman–Crippen MR) is 121 cm³/mol. The fraction of sp³-hybridized carbons (Fsp3) is 0.542. The molecule has 0 radical (unpaired) electrons. The molecule has 0 spiro atoms. The maximum absolute atomic E-state index is 13.2. The van der Waals surface area contributed by atoms with Crippen molar-refractivity contribution in [1.82, 2.24) is 19.8 Å². The van der Waals surface area contributed by atoms with Gasteiger partial charge < -0.3 is 14.9 Å². The smallest absolute Gasteiger partial charge is 0.272 e. The Morgan fingerprint density at radius 3 is 2.59 bits per heavy atom. The van der Waals surface area contributed by atoms with Gasteiger partial charge in [0, 0.05) is 38.4 Å². The first-order chi connectivity index (χ1) is 15.3. The van der Waals surface area contributed by atoms with Crippen LogP contribution in [-0.4, -0.2) is 76.2 Å². The van der Waals surface area contributed by atoms with Crippen molar-refractivity contribution in [3.63, 3.8) is 0 Å². The van der Waals surface area contributed by atoms with Crippen LogP contribution in [0.25, 0.3) is 0 Å². The Kier molecular flexibility index (Phi) is 6.71. The highest BCUT2D eigenvalue weighted by molar-refractivity contribution is 5.93. The van der Waals surface area contributed by atoms with E-state index in [9.17, 15) is 14.3 Å². The zero-order chi connectivity index (χ0) is 22.7. The minimum Gasteiger partial charge on any atom is -0.387 e. The van der Waals surface area contributed by atoms with Crippen LogP contribution in [0.4, 0.5) is 10.3 Å². The summed E-state index contributed by atoms with van der Waals surface area (Å²) >= 11 is 0. The summed E-state index contributed by atoms with van der Waals surface area (Å²) in [7, 11) is 1.92. The number of carbonyl (C=O) groups excluding carboxylic acids is 1.